The molecule has 1 fully saturated rings. The standard InChI is InChI=1S/C18H25N3O2/c1-12-8-13(2)16-14(9-12)10-19-21(16)15-6-7-20(11-15)17(22)23-18(3,4)5/h8-10,15H,6-7,11H2,1-5H3. The largest absolute Gasteiger partial charge is 0.444 e. The van der Waals surface area contributed by atoms with Gasteiger partial charge in [0, 0.05) is 18.5 Å². The molecule has 1 aliphatic heterocycles. The Morgan fingerprint density at radius 3 is 2.74 bits per heavy atom. The molecule has 1 atom stereocenters. The molecule has 3 rings (SSSR count). The number of carbonyl (C=O) groups is 1. The first-order valence-corrected chi connectivity index (χ1v) is 8.17. The van der Waals surface area contributed by atoms with Gasteiger partial charge in [0.25, 0.3) is 0 Å². The number of hydrogen-bond donors (Lipinski definition) is 0. The van der Waals surface area contributed by atoms with Crippen LogP contribution in [0.2, 0.25) is 0 Å². The van der Waals surface area contributed by atoms with E-state index in [2.05, 4.69) is 35.8 Å². The van der Waals surface area contributed by atoms with Crippen molar-refractivity contribution in [3.63, 3.8) is 0 Å². The maximum absolute atomic E-state index is 12.2. The third kappa shape index (κ3) is 3.19. The van der Waals surface area contributed by atoms with Gasteiger partial charge in [-0.1, -0.05) is 11.6 Å². The van der Waals surface area contributed by atoms with Gasteiger partial charge in [-0.25, -0.2) is 4.79 Å². The van der Waals surface area contributed by atoms with E-state index in [-0.39, 0.29) is 12.1 Å². The van der Waals surface area contributed by atoms with Crippen molar-refractivity contribution in [2.75, 3.05) is 13.1 Å². The minimum absolute atomic E-state index is 0.210. The van der Waals surface area contributed by atoms with Crippen LogP contribution in [0.4, 0.5) is 4.79 Å². The van der Waals surface area contributed by atoms with Gasteiger partial charge in [-0.2, -0.15) is 5.10 Å². The van der Waals surface area contributed by atoms with Gasteiger partial charge in [-0.3, -0.25) is 4.68 Å². The zero-order valence-corrected chi connectivity index (χ0v) is 14.6. The number of aromatic nitrogens is 2. The zero-order chi connectivity index (χ0) is 16.8. The average molecular weight is 315 g/mol. The molecule has 23 heavy (non-hydrogen) atoms. The second-order valence-electron chi connectivity index (χ2n) is 7.48. The average Bonchev–Trinajstić information content (AvgIpc) is 3.01. The molecule has 0 radical (unpaired) electrons. The fourth-order valence-corrected chi connectivity index (χ4v) is 3.30. The Kier molecular flexibility index (Phi) is 3.82. The van der Waals surface area contributed by atoms with E-state index in [1.54, 1.807) is 4.90 Å². The fraction of sp³-hybridized carbons (Fsp3) is 0.556. The molecule has 1 saturated heterocycles. The van der Waals surface area contributed by atoms with Crippen LogP contribution in [0.25, 0.3) is 10.9 Å². The SMILES string of the molecule is Cc1cc(C)c2c(cnn2C2CCN(C(=O)OC(C)(C)C)C2)c1. The molecule has 0 bridgehead atoms. The first kappa shape index (κ1) is 15.8. The van der Waals surface area contributed by atoms with E-state index in [1.165, 1.54) is 22.0 Å². The second kappa shape index (κ2) is 5.55. The zero-order valence-electron chi connectivity index (χ0n) is 14.6. The third-order valence-corrected chi connectivity index (χ3v) is 4.19. The highest BCUT2D eigenvalue weighted by atomic mass is 16.6. The maximum atomic E-state index is 12.2. The summed E-state index contributed by atoms with van der Waals surface area (Å²) in [5, 5.41) is 5.75. The van der Waals surface area contributed by atoms with Crippen molar-refractivity contribution in [3.05, 3.63) is 29.5 Å². The van der Waals surface area contributed by atoms with Crippen molar-refractivity contribution in [1.82, 2.24) is 14.7 Å². The van der Waals surface area contributed by atoms with E-state index >= 15 is 0 Å². The van der Waals surface area contributed by atoms with Crippen LogP contribution >= 0.6 is 0 Å². The van der Waals surface area contributed by atoms with E-state index in [9.17, 15) is 4.79 Å². The van der Waals surface area contributed by atoms with Crippen molar-refractivity contribution in [2.45, 2.75) is 52.7 Å². The van der Waals surface area contributed by atoms with Gasteiger partial charge < -0.3 is 9.64 Å². The summed E-state index contributed by atoms with van der Waals surface area (Å²) in [5.41, 5.74) is 3.19. The molecule has 1 aliphatic rings. The number of hydrogen-bond acceptors (Lipinski definition) is 3. The van der Waals surface area contributed by atoms with Crippen molar-refractivity contribution < 1.29 is 9.53 Å². The van der Waals surface area contributed by atoms with E-state index < -0.39 is 5.60 Å². The Morgan fingerprint density at radius 2 is 2.04 bits per heavy atom. The van der Waals surface area contributed by atoms with Crippen LogP contribution in [0, 0.1) is 13.8 Å². The minimum Gasteiger partial charge on any atom is -0.444 e. The predicted molar refractivity (Wildman–Crippen MR) is 90.7 cm³/mol. The number of carbonyl (C=O) groups excluding carboxylic acids is 1. The summed E-state index contributed by atoms with van der Waals surface area (Å²) in [4.78, 5) is 14.0. The molecule has 0 N–H and O–H groups in total. The lowest BCUT2D eigenvalue weighted by Crippen LogP contribution is -2.35. The van der Waals surface area contributed by atoms with Crippen LogP contribution in [0.3, 0.4) is 0 Å². The van der Waals surface area contributed by atoms with Crippen LogP contribution in [-0.2, 0) is 4.74 Å². The van der Waals surface area contributed by atoms with Crippen LogP contribution in [0.1, 0.15) is 44.4 Å². The molecule has 0 spiro atoms. The first-order valence-electron chi connectivity index (χ1n) is 8.17. The Morgan fingerprint density at radius 1 is 1.30 bits per heavy atom. The predicted octanol–water partition coefficient (Wildman–Crippen LogP) is 3.84. The Labute approximate surface area is 137 Å². The number of amides is 1. The molecule has 1 unspecified atom stereocenters. The van der Waals surface area contributed by atoms with Crippen molar-refractivity contribution in [3.8, 4) is 0 Å². The number of nitrogens with zero attached hydrogens (tertiary/aromatic N) is 3. The van der Waals surface area contributed by atoms with Gasteiger partial charge in [0.05, 0.1) is 17.8 Å². The lowest BCUT2D eigenvalue weighted by atomic mass is 10.1. The summed E-state index contributed by atoms with van der Waals surface area (Å²) in [6, 6.07) is 4.55. The molecule has 2 heterocycles. The number of rotatable bonds is 1. The Balaban J connectivity index is 1.81. The van der Waals surface area contributed by atoms with Gasteiger partial charge in [-0.15, -0.1) is 0 Å². The molecule has 1 aromatic heterocycles. The molecule has 124 valence electrons. The smallest absolute Gasteiger partial charge is 0.410 e. The molecular formula is C18H25N3O2. The lowest BCUT2D eigenvalue weighted by molar-refractivity contribution is 0.0288. The summed E-state index contributed by atoms with van der Waals surface area (Å²) in [7, 11) is 0. The van der Waals surface area contributed by atoms with Gasteiger partial charge in [-0.05, 0) is 52.7 Å². The summed E-state index contributed by atoms with van der Waals surface area (Å²) < 4.78 is 7.55. The van der Waals surface area contributed by atoms with Crippen molar-refractivity contribution in [1.29, 1.82) is 0 Å². The molecular weight excluding hydrogens is 290 g/mol. The number of fused-ring (bicyclic) bond motifs is 1. The van der Waals surface area contributed by atoms with Gasteiger partial charge in [0.1, 0.15) is 5.60 Å². The molecule has 1 aromatic carbocycles. The number of benzene rings is 1. The fourth-order valence-electron chi connectivity index (χ4n) is 3.30. The van der Waals surface area contributed by atoms with Crippen molar-refractivity contribution >= 4 is 17.0 Å². The van der Waals surface area contributed by atoms with Gasteiger partial charge in [0.15, 0.2) is 0 Å². The summed E-state index contributed by atoms with van der Waals surface area (Å²) >= 11 is 0. The molecule has 5 heteroatoms. The summed E-state index contributed by atoms with van der Waals surface area (Å²) in [5.74, 6) is 0. The highest BCUT2D eigenvalue weighted by Gasteiger charge is 2.31. The van der Waals surface area contributed by atoms with Crippen LogP contribution in [0.15, 0.2) is 18.3 Å². The second-order valence-corrected chi connectivity index (χ2v) is 7.48. The highest BCUT2D eigenvalue weighted by molar-refractivity contribution is 5.82. The quantitative estimate of drug-likeness (QED) is 0.803. The molecule has 2 aromatic rings. The summed E-state index contributed by atoms with van der Waals surface area (Å²) in [6.45, 7) is 11.3. The van der Waals surface area contributed by atoms with E-state index in [4.69, 9.17) is 4.74 Å². The molecule has 0 aliphatic carbocycles. The molecule has 1 amide bonds. The van der Waals surface area contributed by atoms with E-state index in [0.717, 1.165) is 6.42 Å². The topological polar surface area (TPSA) is 47.4 Å². The summed E-state index contributed by atoms with van der Waals surface area (Å²) in [6.07, 6.45) is 2.60. The first-order chi connectivity index (χ1) is 10.7. The third-order valence-electron chi connectivity index (χ3n) is 4.19. The van der Waals surface area contributed by atoms with E-state index in [0.29, 0.717) is 13.1 Å². The number of ether oxygens (including phenoxy) is 1. The van der Waals surface area contributed by atoms with Crippen LogP contribution in [-0.4, -0.2) is 39.5 Å². The van der Waals surface area contributed by atoms with E-state index in [1.807, 2.05) is 27.0 Å². The Hall–Kier alpha value is -2.04. The number of likely N-dealkylation sites (tertiary alicyclic amines) is 1. The van der Waals surface area contributed by atoms with Gasteiger partial charge in [0.2, 0.25) is 0 Å². The lowest BCUT2D eigenvalue weighted by Gasteiger charge is -2.24. The normalized spacial score (nSPS) is 18.7. The number of aryl methyl sites for hydroxylation is 2. The minimum atomic E-state index is -0.457. The molecule has 5 nitrogen and oxygen atoms in total. The molecule has 0 saturated carbocycles. The highest BCUT2D eigenvalue weighted by Crippen LogP contribution is 2.29. The van der Waals surface area contributed by atoms with Crippen LogP contribution in [0.5, 0.6) is 0 Å². The van der Waals surface area contributed by atoms with Crippen molar-refractivity contribution in [2.24, 2.45) is 0 Å². The maximum Gasteiger partial charge on any atom is 0.410 e. The Bertz CT molecular complexity index is 743. The van der Waals surface area contributed by atoms with Crippen LogP contribution < -0.4 is 0 Å². The van der Waals surface area contributed by atoms with Gasteiger partial charge >= 0.3 is 6.09 Å². The monoisotopic (exact) mass is 315 g/mol.